The average molecular weight is 362 g/mol. The highest BCUT2D eigenvalue weighted by Crippen LogP contribution is 2.42. The molecule has 128 valence electrons. The SMILES string of the molecule is O=S1(=O)c2cccc3cccc(c23)N1Cc1cc(-c2ccccc2)on1. The molecular weight excluding hydrogens is 348 g/mol. The minimum Gasteiger partial charge on any atom is -0.356 e. The van der Waals surface area contributed by atoms with Gasteiger partial charge in [0.1, 0.15) is 5.69 Å². The van der Waals surface area contributed by atoms with Crippen LogP contribution < -0.4 is 4.31 Å². The number of hydrogen-bond donors (Lipinski definition) is 0. The van der Waals surface area contributed by atoms with E-state index in [9.17, 15) is 8.42 Å². The fraction of sp³-hybridized carbons (Fsp3) is 0.0500. The van der Waals surface area contributed by atoms with Gasteiger partial charge < -0.3 is 4.52 Å². The highest BCUT2D eigenvalue weighted by molar-refractivity contribution is 7.93. The zero-order valence-corrected chi connectivity index (χ0v) is 14.5. The Labute approximate surface area is 150 Å². The molecule has 0 bridgehead atoms. The molecule has 0 saturated carbocycles. The second kappa shape index (κ2) is 5.44. The molecule has 0 N–H and O–H groups in total. The van der Waals surface area contributed by atoms with Crippen molar-refractivity contribution in [1.29, 1.82) is 0 Å². The summed E-state index contributed by atoms with van der Waals surface area (Å²) >= 11 is 0. The van der Waals surface area contributed by atoms with Gasteiger partial charge in [-0.15, -0.1) is 0 Å². The van der Waals surface area contributed by atoms with Crippen LogP contribution in [0.2, 0.25) is 0 Å². The molecule has 0 spiro atoms. The quantitative estimate of drug-likeness (QED) is 0.548. The Hall–Kier alpha value is -3.12. The molecule has 6 heteroatoms. The first-order chi connectivity index (χ1) is 12.6. The van der Waals surface area contributed by atoms with Crippen LogP contribution in [-0.4, -0.2) is 13.6 Å². The summed E-state index contributed by atoms with van der Waals surface area (Å²) in [6.45, 7) is 0.131. The Morgan fingerprint density at radius 2 is 1.69 bits per heavy atom. The van der Waals surface area contributed by atoms with Crippen LogP contribution in [0.4, 0.5) is 5.69 Å². The van der Waals surface area contributed by atoms with Gasteiger partial charge in [0.15, 0.2) is 5.76 Å². The van der Waals surface area contributed by atoms with Crippen LogP contribution in [-0.2, 0) is 16.6 Å². The van der Waals surface area contributed by atoms with Gasteiger partial charge in [0.05, 0.1) is 17.1 Å². The van der Waals surface area contributed by atoms with E-state index in [-0.39, 0.29) is 6.54 Å². The molecule has 3 aromatic carbocycles. The number of aromatic nitrogens is 1. The summed E-state index contributed by atoms with van der Waals surface area (Å²) in [4.78, 5) is 0.345. The molecule has 2 heterocycles. The molecule has 0 aliphatic carbocycles. The smallest absolute Gasteiger partial charge is 0.265 e. The maximum Gasteiger partial charge on any atom is 0.265 e. The van der Waals surface area contributed by atoms with Crippen LogP contribution in [0.25, 0.3) is 22.1 Å². The van der Waals surface area contributed by atoms with E-state index in [1.165, 1.54) is 4.31 Å². The summed E-state index contributed by atoms with van der Waals surface area (Å²) in [6.07, 6.45) is 0. The lowest BCUT2D eigenvalue weighted by Gasteiger charge is -2.17. The molecule has 0 saturated heterocycles. The van der Waals surface area contributed by atoms with Crippen molar-refractivity contribution >= 4 is 26.5 Å². The van der Waals surface area contributed by atoms with E-state index in [2.05, 4.69) is 5.16 Å². The van der Waals surface area contributed by atoms with Gasteiger partial charge in [-0.2, -0.15) is 0 Å². The van der Waals surface area contributed by atoms with Gasteiger partial charge in [-0.3, -0.25) is 4.31 Å². The lowest BCUT2D eigenvalue weighted by molar-refractivity contribution is 0.424. The van der Waals surface area contributed by atoms with Crippen molar-refractivity contribution in [3.05, 3.63) is 78.5 Å². The third-order valence-corrected chi connectivity index (χ3v) is 6.41. The van der Waals surface area contributed by atoms with Crippen molar-refractivity contribution < 1.29 is 12.9 Å². The molecule has 0 fully saturated rings. The molecule has 0 radical (unpaired) electrons. The van der Waals surface area contributed by atoms with E-state index in [0.717, 1.165) is 16.3 Å². The number of anilines is 1. The van der Waals surface area contributed by atoms with Crippen LogP contribution in [0.15, 0.2) is 82.2 Å². The highest BCUT2D eigenvalue weighted by Gasteiger charge is 2.36. The van der Waals surface area contributed by atoms with Gasteiger partial charge in [-0.05, 0) is 17.5 Å². The third-order valence-electron chi connectivity index (χ3n) is 4.60. The molecule has 1 aliphatic heterocycles. The molecule has 5 nitrogen and oxygen atoms in total. The van der Waals surface area contributed by atoms with Gasteiger partial charge >= 0.3 is 0 Å². The molecule has 5 rings (SSSR count). The molecular formula is C20H14N2O3S. The minimum absolute atomic E-state index is 0.131. The Balaban J connectivity index is 1.56. The monoisotopic (exact) mass is 362 g/mol. The van der Waals surface area contributed by atoms with Gasteiger partial charge in [0, 0.05) is 17.0 Å². The average Bonchev–Trinajstić information content (AvgIpc) is 3.22. The largest absolute Gasteiger partial charge is 0.356 e. The second-order valence-electron chi connectivity index (χ2n) is 6.19. The number of nitrogens with zero attached hydrogens (tertiary/aromatic N) is 2. The lowest BCUT2D eigenvalue weighted by atomic mass is 10.1. The topological polar surface area (TPSA) is 63.4 Å². The van der Waals surface area contributed by atoms with E-state index in [0.29, 0.717) is 22.0 Å². The summed E-state index contributed by atoms with van der Waals surface area (Å²) in [6, 6.07) is 22.4. The predicted molar refractivity (Wildman–Crippen MR) is 99.3 cm³/mol. The van der Waals surface area contributed by atoms with Gasteiger partial charge in [0.2, 0.25) is 0 Å². The molecule has 0 atom stereocenters. The Morgan fingerprint density at radius 3 is 2.50 bits per heavy atom. The number of rotatable bonds is 3. The highest BCUT2D eigenvalue weighted by atomic mass is 32.2. The molecule has 26 heavy (non-hydrogen) atoms. The fourth-order valence-corrected chi connectivity index (χ4v) is 5.08. The first-order valence-corrected chi connectivity index (χ1v) is 9.64. The van der Waals surface area contributed by atoms with E-state index in [1.54, 1.807) is 18.2 Å². The number of benzene rings is 3. The van der Waals surface area contributed by atoms with Gasteiger partial charge in [-0.25, -0.2) is 8.42 Å². The molecule has 1 aromatic heterocycles. The van der Waals surface area contributed by atoms with Gasteiger partial charge in [-0.1, -0.05) is 59.8 Å². The zero-order chi connectivity index (χ0) is 17.7. The van der Waals surface area contributed by atoms with E-state index in [1.807, 2.05) is 54.6 Å². The van der Waals surface area contributed by atoms with Crippen LogP contribution >= 0.6 is 0 Å². The first kappa shape index (κ1) is 15.2. The zero-order valence-electron chi connectivity index (χ0n) is 13.7. The standard InChI is InChI=1S/C20H14N2O3S/c23-26(24)19-11-5-9-15-8-4-10-17(20(15)19)22(26)13-16-12-18(25-21-16)14-6-2-1-3-7-14/h1-12H,13H2. The predicted octanol–water partition coefficient (Wildman–Crippen LogP) is 4.20. The number of sulfonamides is 1. The normalized spacial score (nSPS) is 14.8. The minimum atomic E-state index is -3.60. The molecule has 0 unspecified atom stereocenters. The van der Waals surface area contributed by atoms with Gasteiger partial charge in [0.25, 0.3) is 10.0 Å². The van der Waals surface area contributed by atoms with E-state index < -0.39 is 10.0 Å². The Kier molecular flexibility index (Phi) is 3.17. The molecule has 4 aromatic rings. The van der Waals surface area contributed by atoms with Crippen molar-refractivity contribution in [3.63, 3.8) is 0 Å². The van der Waals surface area contributed by atoms with Crippen molar-refractivity contribution in [2.75, 3.05) is 4.31 Å². The van der Waals surface area contributed by atoms with Crippen molar-refractivity contribution in [2.24, 2.45) is 0 Å². The summed E-state index contributed by atoms with van der Waals surface area (Å²) in [5.41, 5.74) is 2.15. The summed E-state index contributed by atoms with van der Waals surface area (Å²) in [7, 11) is -3.60. The number of hydrogen-bond acceptors (Lipinski definition) is 4. The van der Waals surface area contributed by atoms with Crippen LogP contribution in [0.3, 0.4) is 0 Å². The summed E-state index contributed by atoms with van der Waals surface area (Å²) < 4.78 is 32.8. The first-order valence-electron chi connectivity index (χ1n) is 8.20. The Morgan fingerprint density at radius 1 is 0.923 bits per heavy atom. The Bertz CT molecular complexity index is 1230. The lowest BCUT2D eigenvalue weighted by Crippen LogP contribution is -2.26. The van der Waals surface area contributed by atoms with E-state index in [4.69, 9.17) is 4.52 Å². The van der Waals surface area contributed by atoms with Crippen LogP contribution in [0, 0.1) is 0 Å². The third kappa shape index (κ3) is 2.16. The van der Waals surface area contributed by atoms with Crippen molar-refractivity contribution in [1.82, 2.24) is 5.16 Å². The molecule has 0 amide bonds. The fourth-order valence-electron chi connectivity index (χ4n) is 3.40. The summed E-state index contributed by atoms with van der Waals surface area (Å²) in [5.74, 6) is 0.618. The maximum atomic E-state index is 13.0. The molecule has 1 aliphatic rings. The van der Waals surface area contributed by atoms with Crippen LogP contribution in [0.1, 0.15) is 5.69 Å². The van der Waals surface area contributed by atoms with E-state index >= 15 is 0 Å². The van der Waals surface area contributed by atoms with Crippen LogP contribution in [0.5, 0.6) is 0 Å². The summed E-state index contributed by atoms with van der Waals surface area (Å²) in [5, 5.41) is 5.75. The maximum absolute atomic E-state index is 13.0. The van der Waals surface area contributed by atoms with Crippen molar-refractivity contribution in [2.45, 2.75) is 11.4 Å². The van der Waals surface area contributed by atoms with Crippen molar-refractivity contribution in [3.8, 4) is 11.3 Å². The second-order valence-corrected chi connectivity index (χ2v) is 8.02.